The van der Waals surface area contributed by atoms with Gasteiger partial charge in [-0.05, 0) is 58.0 Å². The summed E-state index contributed by atoms with van der Waals surface area (Å²) in [4.78, 5) is 2.44. The Hall–Kier alpha value is -0.380. The van der Waals surface area contributed by atoms with Gasteiger partial charge in [-0.3, -0.25) is 0 Å². The van der Waals surface area contributed by atoms with Crippen LogP contribution in [0.3, 0.4) is 0 Å². The number of nitrogens with one attached hydrogen (secondary N) is 1. The molecule has 0 amide bonds. The van der Waals surface area contributed by atoms with E-state index in [1.807, 2.05) is 0 Å². The van der Waals surface area contributed by atoms with E-state index >= 15 is 0 Å². The second-order valence-electron chi connectivity index (χ2n) is 5.34. The summed E-state index contributed by atoms with van der Waals surface area (Å²) >= 11 is 3.64. The van der Waals surface area contributed by atoms with E-state index < -0.39 is 0 Å². The molecule has 0 bridgehead atoms. The van der Waals surface area contributed by atoms with Gasteiger partial charge in [-0.25, -0.2) is 0 Å². The summed E-state index contributed by atoms with van der Waals surface area (Å²) < 4.78 is 1.20. The molecule has 0 saturated carbocycles. The zero-order valence-corrected chi connectivity index (χ0v) is 12.9. The zero-order valence-electron chi connectivity index (χ0n) is 11.3. The van der Waals surface area contributed by atoms with Crippen LogP contribution in [0.1, 0.15) is 37.8 Å². The van der Waals surface area contributed by atoms with Gasteiger partial charge in [0, 0.05) is 16.6 Å². The van der Waals surface area contributed by atoms with Crippen molar-refractivity contribution >= 4 is 15.9 Å². The fourth-order valence-corrected chi connectivity index (χ4v) is 3.30. The summed E-state index contributed by atoms with van der Waals surface area (Å²) in [6.07, 6.45) is 3.85. The Morgan fingerprint density at radius 2 is 2.06 bits per heavy atom. The molecule has 1 aromatic rings. The van der Waals surface area contributed by atoms with E-state index in [9.17, 15) is 0 Å². The lowest BCUT2D eigenvalue weighted by molar-refractivity contribution is 0.340. The van der Waals surface area contributed by atoms with Gasteiger partial charge in [0.05, 0.1) is 0 Å². The lowest BCUT2D eigenvalue weighted by Gasteiger charge is -2.23. The normalized spacial score (nSPS) is 23.6. The molecule has 3 heteroatoms. The van der Waals surface area contributed by atoms with Crippen molar-refractivity contribution in [2.45, 2.75) is 38.3 Å². The molecule has 0 spiro atoms. The van der Waals surface area contributed by atoms with Gasteiger partial charge in [0.15, 0.2) is 0 Å². The minimum atomic E-state index is 0.411. The maximum absolute atomic E-state index is 3.78. The van der Waals surface area contributed by atoms with Crippen molar-refractivity contribution in [3.05, 3.63) is 34.3 Å². The lowest BCUT2D eigenvalue weighted by atomic mass is 10.0. The van der Waals surface area contributed by atoms with Crippen molar-refractivity contribution in [3.8, 4) is 0 Å². The fourth-order valence-electron chi connectivity index (χ4n) is 2.68. The molecule has 1 aromatic carbocycles. The van der Waals surface area contributed by atoms with E-state index in [0.717, 1.165) is 0 Å². The molecule has 100 valence electrons. The number of benzene rings is 1. The van der Waals surface area contributed by atoms with Crippen molar-refractivity contribution in [1.82, 2.24) is 10.2 Å². The number of halogens is 1. The summed E-state index contributed by atoms with van der Waals surface area (Å²) in [5.41, 5.74) is 1.36. The van der Waals surface area contributed by atoms with E-state index in [1.165, 1.54) is 42.4 Å². The topological polar surface area (TPSA) is 15.3 Å². The van der Waals surface area contributed by atoms with Crippen LogP contribution >= 0.6 is 15.9 Å². The number of hydrogen-bond acceptors (Lipinski definition) is 2. The van der Waals surface area contributed by atoms with Crippen LogP contribution in [0, 0.1) is 0 Å². The molecule has 1 saturated heterocycles. The van der Waals surface area contributed by atoms with E-state index in [-0.39, 0.29) is 0 Å². The first-order chi connectivity index (χ1) is 8.66. The minimum absolute atomic E-state index is 0.411. The Bertz CT molecular complexity index is 381. The van der Waals surface area contributed by atoms with Crippen LogP contribution in [0.4, 0.5) is 0 Å². The molecular formula is C15H23BrN2. The Labute approximate surface area is 119 Å². The molecule has 2 atom stereocenters. The molecule has 0 aliphatic carbocycles. The van der Waals surface area contributed by atoms with Crippen LogP contribution in [-0.4, -0.2) is 31.1 Å². The first kappa shape index (κ1) is 14.0. The molecule has 0 radical (unpaired) electrons. The summed E-state index contributed by atoms with van der Waals surface area (Å²) in [5.74, 6) is 0. The first-order valence-corrected chi connectivity index (χ1v) is 7.65. The Balaban J connectivity index is 1.94. The van der Waals surface area contributed by atoms with Gasteiger partial charge in [-0.1, -0.05) is 34.1 Å². The van der Waals surface area contributed by atoms with Gasteiger partial charge in [0.2, 0.25) is 0 Å². The third-order valence-corrected chi connectivity index (χ3v) is 4.53. The molecule has 0 aromatic heterocycles. The number of likely N-dealkylation sites (tertiary alicyclic amines) is 1. The third kappa shape index (κ3) is 3.81. The molecule has 1 heterocycles. The van der Waals surface area contributed by atoms with Crippen LogP contribution < -0.4 is 5.32 Å². The largest absolute Gasteiger partial charge is 0.307 e. The average Bonchev–Trinajstić information content (AvgIpc) is 2.55. The van der Waals surface area contributed by atoms with E-state index in [2.05, 4.69) is 64.4 Å². The van der Waals surface area contributed by atoms with Gasteiger partial charge in [-0.2, -0.15) is 0 Å². The van der Waals surface area contributed by atoms with Crippen LogP contribution in [0.15, 0.2) is 28.7 Å². The molecule has 1 unspecified atom stereocenters. The minimum Gasteiger partial charge on any atom is -0.307 e. The van der Waals surface area contributed by atoms with E-state index in [1.54, 1.807) is 0 Å². The Morgan fingerprint density at radius 3 is 2.83 bits per heavy atom. The summed E-state index contributed by atoms with van der Waals surface area (Å²) in [7, 11) is 2.22. The van der Waals surface area contributed by atoms with Crippen LogP contribution in [0.5, 0.6) is 0 Å². The Morgan fingerprint density at radius 1 is 1.28 bits per heavy atom. The van der Waals surface area contributed by atoms with Crippen molar-refractivity contribution < 1.29 is 0 Å². The SMILES string of the molecule is C[C@@H](NC1CCCN(C)CC1)c1ccccc1Br. The number of rotatable bonds is 3. The predicted octanol–water partition coefficient (Wildman–Crippen LogP) is 3.58. The molecular weight excluding hydrogens is 288 g/mol. The molecule has 1 N–H and O–H groups in total. The van der Waals surface area contributed by atoms with Gasteiger partial charge in [0.25, 0.3) is 0 Å². The average molecular weight is 311 g/mol. The third-order valence-electron chi connectivity index (χ3n) is 3.81. The van der Waals surface area contributed by atoms with Gasteiger partial charge in [0.1, 0.15) is 0 Å². The molecule has 1 aliphatic heterocycles. The molecule has 18 heavy (non-hydrogen) atoms. The van der Waals surface area contributed by atoms with E-state index in [4.69, 9.17) is 0 Å². The van der Waals surface area contributed by atoms with Crippen LogP contribution in [0.25, 0.3) is 0 Å². The fraction of sp³-hybridized carbons (Fsp3) is 0.600. The highest BCUT2D eigenvalue weighted by molar-refractivity contribution is 9.10. The lowest BCUT2D eigenvalue weighted by Crippen LogP contribution is -2.32. The van der Waals surface area contributed by atoms with E-state index in [0.29, 0.717) is 12.1 Å². The van der Waals surface area contributed by atoms with Crippen molar-refractivity contribution in [1.29, 1.82) is 0 Å². The highest BCUT2D eigenvalue weighted by Crippen LogP contribution is 2.24. The second kappa shape index (κ2) is 6.69. The zero-order chi connectivity index (χ0) is 13.0. The smallest absolute Gasteiger partial charge is 0.0305 e. The van der Waals surface area contributed by atoms with Crippen LogP contribution in [0.2, 0.25) is 0 Å². The molecule has 2 nitrogen and oxygen atoms in total. The maximum atomic E-state index is 3.78. The van der Waals surface area contributed by atoms with Crippen molar-refractivity contribution in [2.75, 3.05) is 20.1 Å². The maximum Gasteiger partial charge on any atom is 0.0305 e. The summed E-state index contributed by atoms with van der Waals surface area (Å²) in [6.45, 7) is 4.70. The second-order valence-corrected chi connectivity index (χ2v) is 6.20. The molecule has 2 rings (SSSR count). The summed E-state index contributed by atoms with van der Waals surface area (Å²) in [5, 5.41) is 3.78. The standard InChI is InChI=1S/C15H23BrN2/c1-12(14-7-3-4-8-15(14)16)17-13-6-5-10-18(2)11-9-13/h3-4,7-8,12-13,17H,5-6,9-11H2,1-2H3/t12-,13?/m1/s1. The van der Waals surface area contributed by atoms with Gasteiger partial charge < -0.3 is 10.2 Å². The number of nitrogens with zero attached hydrogens (tertiary/aromatic N) is 1. The van der Waals surface area contributed by atoms with Crippen molar-refractivity contribution in [2.24, 2.45) is 0 Å². The highest BCUT2D eigenvalue weighted by Gasteiger charge is 2.18. The quantitative estimate of drug-likeness (QED) is 0.918. The molecule has 1 fully saturated rings. The first-order valence-electron chi connectivity index (χ1n) is 6.86. The monoisotopic (exact) mass is 310 g/mol. The van der Waals surface area contributed by atoms with Crippen molar-refractivity contribution in [3.63, 3.8) is 0 Å². The van der Waals surface area contributed by atoms with Gasteiger partial charge in [-0.15, -0.1) is 0 Å². The highest BCUT2D eigenvalue weighted by atomic mass is 79.9. The predicted molar refractivity (Wildman–Crippen MR) is 80.8 cm³/mol. The summed E-state index contributed by atoms with van der Waals surface area (Å²) in [6, 6.07) is 9.56. The van der Waals surface area contributed by atoms with Crippen LogP contribution in [-0.2, 0) is 0 Å². The Kier molecular flexibility index (Phi) is 5.22. The molecule has 1 aliphatic rings. The number of hydrogen-bond donors (Lipinski definition) is 1. The van der Waals surface area contributed by atoms with Gasteiger partial charge >= 0.3 is 0 Å².